The molecule has 34 heavy (non-hydrogen) atoms. The smallest absolute Gasteiger partial charge is 0.230 e. The summed E-state index contributed by atoms with van der Waals surface area (Å²) in [7, 11) is 0. The number of para-hydroxylation sites is 2. The molecule has 0 radical (unpaired) electrons. The second-order valence-corrected chi connectivity index (χ2v) is 10.5. The van der Waals surface area contributed by atoms with Gasteiger partial charge in [0, 0.05) is 42.4 Å². The van der Waals surface area contributed by atoms with Crippen molar-refractivity contribution in [2.24, 2.45) is 11.3 Å². The molecule has 5 nitrogen and oxygen atoms in total. The quantitative estimate of drug-likeness (QED) is 0.567. The Bertz CT molecular complexity index is 1110. The molecule has 1 heterocycles. The van der Waals surface area contributed by atoms with E-state index in [4.69, 9.17) is 0 Å². The lowest BCUT2D eigenvalue weighted by Gasteiger charge is -2.38. The van der Waals surface area contributed by atoms with Crippen LogP contribution in [0.3, 0.4) is 0 Å². The Morgan fingerprint density at radius 2 is 1.71 bits per heavy atom. The first-order chi connectivity index (χ1) is 16.2. The average molecular weight is 460 g/mol. The molecule has 2 aliphatic rings. The molecule has 0 aromatic heterocycles. The van der Waals surface area contributed by atoms with Crippen LogP contribution in [-0.2, 0) is 9.59 Å². The molecule has 0 saturated heterocycles. The number of rotatable bonds is 5. The topological polar surface area (TPSA) is 52.7 Å². The van der Waals surface area contributed by atoms with Gasteiger partial charge in [-0.2, -0.15) is 0 Å². The van der Waals surface area contributed by atoms with E-state index in [1.807, 2.05) is 43.0 Å². The highest BCUT2D eigenvalue weighted by Crippen LogP contribution is 2.48. The molecule has 1 aliphatic heterocycles. The number of Topliss-reactive ketones (excluding diaryl/α,β-unsaturated/α-hetero) is 1. The van der Waals surface area contributed by atoms with Crippen molar-refractivity contribution in [2.45, 2.75) is 60.4 Å². The van der Waals surface area contributed by atoms with Crippen LogP contribution >= 0.6 is 0 Å². The molecule has 5 heteroatoms. The monoisotopic (exact) mass is 459 g/mol. The molecule has 180 valence electrons. The Labute approximate surface area is 203 Å². The molecular weight excluding hydrogens is 422 g/mol. The number of carbonyl (C=O) groups is 2. The molecule has 0 saturated carbocycles. The first kappa shape index (κ1) is 24.1. The number of amides is 1. The van der Waals surface area contributed by atoms with Crippen molar-refractivity contribution >= 4 is 28.8 Å². The number of hydrogen-bond donors (Lipinski definition) is 1. The number of fused-ring (bicyclic) bond motifs is 1. The number of benzene rings is 2. The minimum atomic E-state index is -0.463. The number of carbonyl (C=O) groups excluding carboxylic acids is 2. The third-order valence-corrected chi connectivity index (χ3v) is 6.97. The van der Waals surface area contributed by atoms with Crippen molar-refractivity contribution < 1.29 is 9.59 Å². The van der Waals surface area contributed by atoms with Gasteiger partial charge in [0.05, 0.1) is 17.4 Å². The lowest BCUT2D eigenvalue weighted by molar-refractivity contribution is -0.122. The van der Waals surface area contributed by atoms with Crippen molar-refractivity contribution in [1.29, 1.82) is 0 Å². The number of nitrogens with zero attached hydrogens (tertiary/aromatic N) is 2. The number of nitrogens with one attached hydrogen (secondary N) is 1. The molecule has 1 N–H and O–H groups in total. The van der Waals surface area contributed by atoms with Crippen LogP contribution in [0.1, 0.15) is 66.0 Å². The number of ketones is 1. The lowest BCUT2D eigenvalue weighted by atomic mass is 9.73. The van der Waals surface area contributed by atoms with Crippen LogP contribution in [0, 0.1) is 11.3 Å². The summed E-state index contributed by atoms with van der Waals surface area (Å²) in [6.07, 6.45) is 1.24. The summed E-state index contributed by atoms with van der Waals surface area (Å²) >= 11 is 0. The molecule has 2 aromatic rings. The van der Waals surface area contributed by atoms with Gasteiger partial charge in [-0.3, -0.25) is 14.5 Å². The molecule has 4 rings (SSSR count). The number of allylic oxidation sites excluding steroid dienone is 1. The van der Waals surface area contributed by atoms with E-state index in [0.717, 1.165) is 53.4 Å². The fourth-order valence-corrected chi connectivity index (χ4v) is 5.28. The zero-order valence-electron chi connectivity index (χ0n) is 21.3. The molecule has 1 aliphatic carbocycles. The van der Waals surface area contributed by atoms with Crippen molar-refractivity contribution in [3.8, 4) is 0 Å². The van der Waals surface area contributed by atoms with Crippen molar-refractivity contribution in [3.63, 3.8) is 0 Å². The third kappa shape index (κ3) is 4.36. The third-order valence-electron chi connectivity index (χ3n) is 6.97. The lowest BCUT2D eigenvalue weighted by Crippen LogP contribution is -2.41. The number of hydrogen-bond acceptors (Lipinski definition) is 4. The van der Waals surface area contributed by atoms with Gasteiger partial charge in [-0.15, -0.1) is 0 Å². The van der Waals surface area contributed by atoms with E-state index in [-0.39, 0.29) is 23.0 Å². The summed E-state index contributed by atoms with van der Waals surface area (Å²) in [4.78, 5) is 31.6. The SMILES string of the molecule is CCN(CC)c1ccc(C2C3=C(CC(C)(C)CC3=O)Nc3ccccc3N2C(=O)C(C)C)cc1. The Kier molecular flexibility index (Phi) is 6.57. The van der Waals surface area contributed by atoms with Gasteiger partial charge in [-0.05, 0) is 55.5 Å². The summed E-state index contributed by atoms with van der Waals surface area (Å²) in [6.45, 7) is 14.3. The maximum Gasteiger partial charge on any atom is 0.230 e. The summed E-state index contributed by atoms with van der Waals surface area (Å²) in [5.41, 5.74) is 5.32. The van der Waals surface area contributed by atoms with E-state index in [2.05, 4.69) is 62.2 Å². The Balaban J connectivity index is 1.95. The van der Waals surface area contributed by atoms with Crippen LogP contribution in [0.4, 0.5) is 17.1 Å². The minimum absolute atomic E-state index is 0.0125. The summed E-state index contributed by atoms with van der Waals surface area (Å²) < 4.78 is 0. The molecule has 2 aromatic carbocycles. The molecular formula is C29H37N3O2. The van der Waals surface area contributed by atoms with Gasteiger partial charge >= 0.3 is 0 Å². The van der Waals surface area contributed by atoms with Crippen molar-refractivity contribution in [1.82, 2.24) is 0 Å². The van der Waals surface area contributed by atoms with E-state index in [1.165, 1.54) is 0 Å². The predicted molar refractivity (Wildman–Crippen MR) is 140 cm³/mol. The first-order valence-corrected chi connectivity index (χ1v) is 12.5. The highest BCUT2D eigenvalue weighted by atomic mass is 16.2. The average Bonchev–Trinajstić information content (AvgIpc) is 2.93. The normalized spacial score (nSPS) is 19.3. The highest BCUT2D eigenvalue weighted by Gasteiger charge is 2.43. The fourth-order valence-electron chi connectivity index (χ4n) is 5.28. The van der Waals surface area contributed by atoms with E-state index < -0.39 is 6.04 Å². The van der Waals surface area contributed by atoms with Gasteiger partial charge < -0.3 is 10.2 Å². The number of anilines is 3. The predicted octanol–water partition coefficient (Wildman–Crippen LogP) is 6.33. The second kappa shape index (κ2) is 9.28. The van der Waals surface area contributed by atoms with Crippen LogP contribution in [0.5, 0.6) is 0 Å². The van der Waals surface area contributed by atoms with E-state index in [9.17, 15) is 9.59 Å². The summed E-state index contributed by atoms with van der Waals surface area (Å²) in [6, 6.07) is 15.8. The molecule has 0 spiro atoms. The van der Waals surface area contributed by atoms with Crippen molar-refractivity contribution in [2.75, 3.05) is 28.2 Å². The highest BCUT2D eigenvalue weighted by molar-refractivity contribution is 6.06. The molecule has 0 bridgehead atoms. The van der Waals surface area contributed by atoms with Gasteiger partial charge in [-0.25, -0.2) is 0 Å². The fraction of sp³-hybridized carbons (Fsp3) is 0.448. The second-order valence-electron chi connectivity index (χ2n) is 10.5. The van der Waals surface area contributed by atoms with Crippen LogP contribution in [0.2, 0.25) is 0 Å². The van der Waals surface area contributed by atoms with Crippen LogP contribution in [0.25, 0.3) is 0 Å². The van der Waals surface area contributed by atoms with Gasteiger partial charge in [-0.1, -0.05) is 52.0 Å². The Morgan fingerprint density at radius 1 is 1.06 bits per heavy atom. The van der Waals surface area contributed by atoms with Gasteiger partial charge in [0.15, 0.2) is 5.78 Å². The van der Waals surface area contributed by atoms with E-state index in [0.29, 0.717) is 6.42 Å². The zero-order chi connectivity index (χ0) is 24.6. The Hall–Kier alpha value is -3.08. The molecule has 1 atom stereocenters. The molecule has 1 unspecified atom stereocenters. The first-order valence-electron chi connectivity index (χ1n) is 12.5. The van der Waals surface area contributed by atoms with Crippen LogP contribution in [0.15, 0.2) is 59.8 Å². The zero-order valence-corrected chi connectivity index (χ0v) is 21.3. The molecule has 1 amide bonds. The van der Waals surface area contributed by atoms with Crippen LogP contribution < -0.4 is 15.1 Å². The van der Waals surface area contributed by atoms with E-state index >= 15 is 0 Å². The standard InChI is InChI=1S/C29H37N3O2/c1-7-31(8-2)21-15-13-20(14-16-21)27-26-23(17-29(5,6)18-25(26)33)30-22-11-9-10-12-24(22)32(27)28(34)19(3)4/h9-16,19,27,30H,7-8,17-18H2,1-6H3. The van der Waals surface area contributed by atoms with Gasteiger partial charge in [0.25, 0.3) is 0 Å². The van der Waals surface area contributed by atoms with Gasteiger partial charge in [0.2, 0.25) is 5.91 Å². The summed E-state index contributed by atoms with van der Waals surface area (Å²) in [5.74, 6) is -0.0767. The maximum atomic E-state index is 13.7. The van der Waals surface area contributed by atoms with E-state index in [1.54, 1.807) is 0 Å². The molecule has 0 fully saturated rings. The largest absolute Gasteiger partial charge is 0.372 e. The Morgan fingerprint density at radius 3 is 2.32 bits per heavy atom. The van der Waals surface area contributed by atoms with Crippen molar-refractivity contribution in [3.05, 3.63) is 65.4 Å². The minimum Gasteiger partial charge on any atom is -0.372 e. The maximum absolute atomic E-state index is 13.7. The summed E-state index contributed by atoms with van der Waals surface area (Å²) in [5, 5.41) is 3.58. The van der Waals surface area contributed by atoms with Gasteiger partial charge in [0.1, 0.15) is 0 Å². The van der Waals surface area contributed by atoms with Crippen LogP contribution in [-0.4, -0.2) is 24.8 Å².